The maximum Gasteiger partial charge on any atom is 0.416 e. The molecule has 1 amide bonds. The Morgan fingerprint density at radius 3 is 2.63 bits per heavy atom. The Morgan fingerprint density at radius 2 is 1.96 bits per heavy atom. The first kappa shape index (κ1) is 17.7. The van der Waals surface area contributed by atoms with Gasteiger partial charge in [0.05, 0.1) is 11.3 Å². The van der Waals surface area contributed by atoms with Gasteiger partial charge in [-0.2, -0.15) is 13.2 Å². The molecule has 1 aromatic carbocycles. The SMILES string of the molecule is O=C(Nc1nc(-c2cccnc2)cs1)C1CC1c1ccc(C(F)(F)F)cc1. The molecule has 1 fully saturated rings. The maximum atomic E-state index is 12.6. The molecule has 2 unspecified atom stereocenters. The summed E-state index contributed by atoms with van der Waals surface area (Å²) in [5, 5.41) is 5.13. The Balaban J connectivity index is 1.39. The second-order valence-electron chi connectivity index (χ2n) is 6.34. The van der Waals surface area contributed by atoms with Crippen molar-refractivity contribution >= 4 is 22.4 Å². The van der Waals surface area contributed by atoms with E-state index in [0.717, 1.165) is 29.0 Å². The molecule has 2 heterocycles. The molecule has 1 saturated carbocycles. The summed E-state index contributed by atoms with van der Waals surface area (Å²) in [7, 11) is 0. The minimum atomic E-state index is -4.35. The molecule has 3 aromatic rings. The minimum Gasteiger partial charge on any atom is -0.302 e. The van der Waals surface area contributed by atoms with E-state index in [1.165, 1.54) is 23.5 Å². The highest BCUT2D eigenvalue weighted by Crippen LogP contribution is 2.48. The molecule has 2 atom stereocenters. The third-order valence-corrected chi connectivity index (χ3v) is 5.24. The molecule has 4 rings (SSSR count). The monoisotopic (exact) mass is 389 g/mol. The van der Waals surface area contributed by atoms with Crippen molar-refractivity contribution in [3.63, 3.8) is 0 Å². The average molecular weight is 389 g/mol. The Kier molecular flexibility index (Phi) is 4.43. The van der Waals surface area contributed by atoms with E-state index in [1.807, 2.05) is 17.5 Å². The number of thiazole rings is 1. The third-order valence-electron chi connectivity index (χ3n) is 4.48. The lowest BCUT2D eigenvalue weighted by Gasteiger charge is -2.07. The number of amides is 1. The van der Waals surface area contributed by atoms with Gasteiger partial charge in [0.2, 0.25) is 5.91 Å². The van der Waals surface area contributed by atoms with E-state index in [2.05, 4.69) is 15.3 Å². The van der Waals surface area contributed by atoms with Crippen LogP contribution < -0.4 is 5.32 Å². The normalized spacial score (nSPS) is 18.9. The fraction of sp³-hybridized carbons (Fsp3) is 0.211. The summed E-state index contributed by atoms with van der Waals surface area (Å²) in [6, 6.07) is 8.71. The summed E-state index contributed by atoms with van der Waals surface area (Å²) in [5.74, 6) is -0.454. The van der Waals surface area contributed by atoms with Crippen LogP contribution in [0.3, 0.4) is 0 Å². The summed E-state index contributed by atoms with van der Waals surface area (Å²) in [6.45, 7) is 0. The van der Waals surface area contributed by atoms with Gasteiger partial charge in [0.15, 0.2) is 5.13 Å². The van der Waals surface area contributed by atoms with Crippen molar-refractivity contribution < 1.29 is 18.0 Å². The van der Waals surface area contributed by atoms with Crippen LogP contribution in [0, 0.1) is 5.92 Å². The van der Waals surface area contributed by atoms with Crippen LogP contribution in [0.2, 0.25) is 0 Å². The van der Waals surface area contributed by atoms with Crippen LogP contribution in [-0.4, -0.2) is 15.9 Å². The zero-order valence-corrected chi connectivity index (χ0v) is 14.7. The maximum absolute atomic E-state index is 12.6. The predicted octanol–water partition coefficient (Wildman–Crippen LogP) is 4.97. The Morgan fingerprint density at radius 1 is 1.19 bits per heavy atom. The summed E-state index contributed by atoms with van der Waals surface area (Å²) < 4.78 is 37.9. The van der Waals surface area contributed by atoms with E-state index in [0.29, 0.717) is 11.6 Å². The number of halogens is 3. The average Bonchev–Trinajstić information content (AvgIpc) is 3.34. The highest BCUT2D eigenvalue weighted by Gasteiger charge is 2.44. The van der Waals surface area contributed by atoms with Crippen molar-refractivity contribution in [2.75, 3.05) is 5.32 Å². The number of hydrogen-bond acceptors (Lipinski definition) is 4. The van der Waals surface area contributed by atoms with Gasteiger partial charge in [-0.1, -0.05) is 12.1 Å². The zero-order valence-electron chi connectivity index (χ0n) is 13.9. The van der Waals surface area contributed by atoms with Crippen molar-refractivity contribution in [1.82, 2.24) is 9.97 Å². The number of nitrogens with zero attached hydrogens (tertiary/aromatic N) is 2. The van der Waals surface area contributed by atoms with Gasteiger partial charge in [-0.3, -0.25) is 9.78 Å². The Hall–Kier alpha value is -2.74. The van der Waals surface area contributed by atoms with Crippen molar-refractivity contribution in [2.24, 2.45) is 5.92 Å². The molecule has 8 heteroatoms. The molecule has 138 valence electrons. The molecule has 0 radical (unpaired) electrons. The molecular weight excluding hydrogens is 375 g/mol. The van der Waals surface area contributed by atoms with Gasteiger partial charge in [-0.25, -0.2) is 4.98 Å². The molecular formula is C19H14F3N3OS. The highest BCUT2D eigenvalue weighted by atomic mass is 32.1. The molecule has 0 bridgehead atoms. The first-order chi connectivity index (χ1) is 12.9. The largest absolute Gasteiger partial charge is 0.416 e. The molecule has 0 aliphatic heterocycles. The van der Waals surface area contributed by atoms with Gasteiger partial charge >= 0.3 is 6.18 Å². The molecule has 1 aliphatic rings. The van der Waals surface area contributed by atoms with Crippen LogP contribution in [0.5, 0.6) is 0 Å². The van der Waals surface area contributed by atoms with Crippen molar-refractivity contribution in [2.45, 2.75) is 18.5 Å². The molecule has 2 aromatic heterocycles. The van der Waals surface area contributed by atoms with Crippen LogP contribution in [-0.2, 0) is 11.0 Å². The second-order valence-corrected chi connectivity index (χ2v) is 7.20. The number of carbonyl (C=O) groups excluding carboxylic acids is 1. The van der Waals surface area contributed by atoms with Crippen LogP contribution in [0.25, 0.3) is 11.3 Å². The van der Waals surface area contributed by atoms with Gasteiger partial charge in [-0.05, 0) is 42.2 Å². The topological polar surface area (TPSA) is 54.9 Å². The van der Waals surface area contributed by atoms with Crippen LogP contribution in [0.1, 0.15) is 23.5 Å². The molecule has 0 saturated heterocycles. The highest BCUT2D eigenvalue weighted by molar-refractivity contribution is 7.14. The standard InChI is InChI=1S/C19H14F3N3OS/c20-19(21,22)13-5-3-11(4-6-13)14-8-15(14)17(26)25-18-24-16(10-27-18)12-2-1-7-23-9-12/h1-7,9-10,14-15H,8H2,(H,24,25,26). The number of aromatic nitrogens is 2. The van der Waals surface area contributed by atoms with E-state index < -0.39 is 11.7 Å². The summed E-state index contributed by atoms with van der Waals surface area (Å²) in [5.41, 5.74) is 1.67. The number of benzene rings is 1. The van der Waals surface area contributed by atoms with E-state index >= 15 is 0 Å². The minimum absolute atomic E-state index is 0.0509. The van der Waals surface area contributed by atoms with Crippen LogP contribution in [0.15, 0.2) is 54.2 Å². The molecule has 27 heavy (non-hydrogen) atoms. The fourth-order valence-corrected chi connectivity index (χ4v) is 3.67. The number of pyridine rings is 1. The molecule has 1 aliphatic carbocycles. The van der Waals surface area contributed by atoms with Crippen molar-refractivity contribution in [3.8, 4) is 11.3 Å². The van der Waals surface area contributed by atoms with E-state index in [-0.39, 0.29) is 17.7 Å². The van der Waals surface area contributed by atoms with Gasteiger partial charge in [-0.15, -0.1) is 11.3 Å². The number of anilines is 1. The predicted molar refractivity (Wildman–Crippen MR) is 96.3 cm³/mol. The van der Waals surface area contributed by atoms with Gasteiger partial charge in [0, 0.05) is 29.3 Å². The van der Waals surface area contributed by atoms with Crippen molar-refractivity contribution in [1.29, 1.82) is 0 Å². The first-order valence-corrected chi connectivity index (χ1v) is 9.14. The number of hydrogen-bond donors (Lipinski definition) is 1. The molecule has 0 spiro atoms. The van der Waals surface area contributed by atoms with Gasteiger partial charge in [0.1, 0.15) is 0 Å². The zero-order chi connectivity index (χ0) is 19.0. The van der Waals surface area contributed by atoms with Crippen molar-refractivity contribution in [3.05, 3.63) is 65.3 Å². The molecule has 1 N–H and O–H groups in total. The number of nitrogens with one attached hydrogen (secondary N) is 1. The smallest absolute Gasteiger partial charge is 0.302 e. The van der Waals surface area contributed by atoms with Crippen LogP contribution >= 0.6 is 11.3 Å². The lowest BCUT2D eigenvalue weighted by Crippen LogP contribution is -2.14. The van der Waals surface area contributed by atoms with E-state index in [4.69, 9.17) is 0 Å². The second kappa shape index (κ2) is 6.77. The van der Waals surface area contributed by atoms with Gasteiger partial charge < -0.3 is 5.32 Å². The van der Waals surface area contributed by atoms with Crippen LogP contribution in [0.4, 0.5) is 18.3 Å². The number of alkyl halides is 3. The Bertz CT molecular complexity index is 954. The summed E-state index contributed by atoms with van der Waals surface area (Å²) in [4.78, 5) is 20.8. The summed E-state index contributed by atoms with van der Waals surface area (Å²) >= 11 is 1.32. The quantitative estimate of drug-likeness (QED) is 0.686. The lowest BCUT2D eigenvalue weighted by molar-refractivity contribution is -0.137. The van der Waals surface area contributed by atoms with E-state index in [9.17, 15) is 18.0 Å². The fourth-order valence-electron chi connectivity index (χ4n) is 2.95. The number of carbonyl (C=O) groups is 1. The molecule has 4 nitrogen and oxygen atoms in total. The third kappa shape index (κ3) is 3.85. The van der Waals surface area contributed by atoms with Gasteiger partial charge in [0.25, 0.3) is 0 Å². The Labute approximate surface area is 157 Å². The summed E-state index contributed by atoms with van der Waals surface area (Å²) in [6.07, 6.45) is -0.358. The number of rotatable bonds is 4. The van der Waals surface area contributed by atoms with E-state index in [1.54, 1.807) is 12.4 Å². The lowest BCUT2D eigenvalue weighted by atomic mass is 10.1. The first-order valence-electron chi connectivity index (χ1n) is 8.26.